The summed E-state index contributed by atoms with van der Waals surface area (Å²) < 4.78 is 31.2. The van der Waals surface area contributed by atoms with Gasteiger partial charge in [0.25, 0.3) is 0 Å². The van der Waals surface area contributed by atoms with Crippen molar-refractivity contribution in [2.75, 3.05) is 51.0 Å². The van der Waals surface area contributed by atoms with Gasteiger partial charge in [-0.05, 0) is 6.07 Å². The van der Waals surface area contributed by atoms with Crippen molar-refractivity contribution < 1.29 is 23.7 Å². The Balaban J connectivity index is 1.44. The molecule has 3 heterocycles. The minimum atomic E-state index is -1.33. The molecule has 0 bridgehead atoms. The topological polar surface area (TPSA) is 76.9 Å². The molecule has 1 atom stereocenters. The maximum absolute atomic E-state index is 14.9. The lowest BCUT2D eigenvalue weighted by Crippen LogP contribution is -2.45. The molecule has 0 spiro atoms. The van der Waals surface area contributed by atoms with E-state index in [1.807, 2.05) is 4.90 Å². The Morgan fingerprint density at radius 1 is 1.38 bits per heavy atom. The number of hydrogen-bond acceptors (Lipinski definition) is 7. The third kappa shape index (κ3) is 4.60. The van der Waals surface area contributed by atoms with E-state index in [1.54, 1.807) is 12.3 Å². The lowest BCUT2D eigenvalue weighted by atomic mass is 9.94. The summed E-state index contributed by atoms with van der Waals surface area (Å²) in [5.41, 5.74) is -0.768. The van der Waals surface area contributed by atoms with Gasteiger partial charge in [-0.1, -0.05) is 0 Å². The summed E-state index contributed by atoms with van der Waals surface area (Å²) in [5, 5.41) is 9.14. The molecule has 0 amide bonds. The summed E-state index contributed by atoms with van der Waals surface area (Å²) in [6, 6.07) is 1.66. The van der Waals surface area contributed by atoms with Gasteiger partial charge in [0, 0.05) is 32.1 Å². The maximum Gasteiger partial charge on any atom is 0.225 e. The highest BCUT2D eigenvalue weighted by Gasteiger charge is 2.36. The molecule has 2 fully saturated rings. The molecular formula is C16H24FN3O4. The summed E-state index contributed by atoms with van der Waals surface area (Å²) >= 11 is 0. The molecule has 2 aliphatic rings. The molecule has 0 unspecified atom stereocenters. The van der Waals surface area contributed by atoms with Gasteiger partial charge < -0.3 is 24.2 Å². The number of alkyl halides is 1. The summed E-state index contributed by atoms with van der Waals surface area (Å²) in [7, 11) is 0. The molecule has 0 radical (unpaired) electrons. The number of hydrogen-bond donors (Lipinski definition) is 1. The third-order valence-electron chi connectivity index (χ3n) is 4.35. The van der Waals surface area contributed by atoms with Crippen molar-refractivity contribution in [1.82, 2.24) is 9.97 Å². The molecule has 24 heavy (non-hydrogen) atoms. The van der Waals surface area contributed by atoms with E-state index in [-0.39, 0.29) is 19.3 Å². The van der Waals surface area contributed by atoms with Gasteiger partial charge in [0.2, 0.25) is 5.95 Å². The van der Waals surface area contributed by atoms with Crippen molar-refractivity contribution >= 4 is 5.95 Å². The highest BCUT2D eigenvalue weighted by Crippen LogP contribution is 2.28. The summed E-state index contributed by atoms with van der Waals surface area (Å²) in [6.07, 6.45) is 2.24. The summed E-state index contributed by atoms with van der Waals surface area (Å²) in [4.78, 5) is 10.4. The fourth-order valence-corrected chi connectivity index (χ4v) is 2.88. The highest BCUT2D eigenvalue weighted by atomic mass is 19.1. The van der Waals surface area contributed by atoms with Crippen LogP contribution >= 0.6 is 0 Å². The molecule has 134 valence electrons. The van der Waals surface area contributed by atoms with Gasteiger partial charge in [-0.15, -0.1) is 0 Å². The molecule has 8 heteroatoms. The molecule has 1 N–H and O–H groups in total. The summed E-state index contributed by atoms with van der Waals surface area (Å²) in [6.45, 7) is 3.03. The number of ether oxygens (including phenoxy) is 3. The molecular weight excluding hydrogens is 317 g/mol. The number of aliphatic hydroxyl groups is 1. The predicted molar refractivity (Wildman–Crippen MR) is 84.6 cm³/mol. The molecule has 7 nitrogen and oxygen atoms in total. The van der Waals surface area contributed by atoms with Crippen LogP contribution in [0.1, 0.15) is 18.5 Å². The van der Waals surface area contributed by atoms with Crippen LogP contribution in [0.15, 0.2) is 12.3 Å². The van der Waals surface area contributed by atoms with Crippen LogP contribution < -0.4 is 4.90 Å². The second kappa shape index (κ2) is 8.15. The molecule has 0 saturated carbocycles. The van der Waals surface area contributed by atoms with E-state index < -0.39 is 5.67 Å². The van der Waals surface area contributed by atoms with Crippen molar-refractivity contribution in [2.24, 2.45) is 0 Å². The molecule has 1 aromatic heterocycles. The zero-order chi connectivity index (χ0) is 16.8. The number of aromatic nitrogens is 2. The summed E-state index contributed by atoms with van der Waals surface area (Å²) in [5.74, 6) is 0.539. The average Bonchev–Trinajstić information content (AvgIpc) is 2.63. The fourth-order valence-electron chi connectivity index (χ4n) is 2.88. The number of rotatable bonds is 6. The Morgan fingerprint density at radius 2 is 2.21 bits per heavy atom. The first-order valence-corrected chi connectivity index (χ1v) is 8.32. The van der Waals surface area contributed by atoms with Crippen molar-refractivity contribution in [1.29, 1.82) is 0 Å². The lowest BCUT2D eigenvalue weighted by molar-refractivity contribution is -0.124. The molecule has 2 aliphatic heterocycles. The Kier molecular flexibility index (Phi) is 5.94. The van der Waals surface area contributed by atoms with Crippen LogP contribution in [0.5, 0.6) is 0 Å². The minimum Gasteiger partial charge on any atom is -0.390 e. The fraction of sp³-hybridized carbons (Fsp3) is 0.750. The van der Waals surface area contributed by atoms with Crippen molar-refractivity contribution in [3.63, 3.8) is 0 Å². The zero-order valence-electron chi connectivity index (χ0n) is 13.7. The zero-order valence-corrected chi connectivity index (χ0v) is 13.7. The smallest absolute Gasteiger partial charge is 0.225 e. The van der Waals surface area contributed by atoms with Gasteiger partial charge >= 0.3 is 0 Å². The quantitative estimate of drug-likeness (QED) is 0.816. The normalized spacial score (nSPS) is 24.1. The molecule has 2 saturated heterocycles. The van der Waals surface area contributed by atoms with E-state index in [2.05, 4.69) is 9.97 Å². The van der Waals surface area contributed by atoms with E-state index >= 15 is 0 Å². The van der Waals surface area contributed by atoms with Gasteiger partial charge in [0.15, 0.2) is 0 Å². The van der Waals surface area contributed by atoms with Gasteiger partial charge in [-0.25, -0.2) is 14.4 Å². The van der Waals surface area contributed by atoms with Crippen LogP contribution in [-0.2, 0) is 20.8 Å². The van der Waals surface area contributed by atoms with Crippen molar-refractivity contribution in [3.8, 4) is 0 Å². The number of piperidine rings is 1. The van der Waals surface area contributed by atoms with Gasteiger partial charge in [0.1, 0.15) is 11.8 Å². The Bertz CT molecular complexity index is 520. The number of aliphatic hydroxyl groups excluding tert-OH is 1. The minimum absolute atomic E-state index is 0.0677. The van der Waals surface area contributed by atoms with Gasteiger partial charge in [-0.3, -0.25) is 0 Å². The number of halogens is 1. The van der Waals surface area contributed by atoms with E-state index in [1.165, 1.54) is 0 Å². The van der Waals surface area contributed by atoms with Crippen LogP contribution in [-0.4, -0.2) is 73.0 Å². The van der Waals surface area contributed by atoms with Crippen LogP contribution in [0.4, 0.5) is 10.3 Å². The molecule has 0 aromatic carbocycles. The lowest BCUT2D eigenvalue weighted by Gasteiger charge is -2.36. The number of nitrogens with zero attached hydrogens (tertiary/aromatic N) is 3. The van der Waals surface area contributed by atoms with E-state index in [0.29, 0.717) is 64.0 Å². The van der Waals surface area contributed by atoms with Crippen LogP contribution in [0.2, 0.25) is 0 Å². The SMILES string of the molecule is OCc1ccnc(N2CCC(F)(COC[C@@H]3COCCO3)CC2)n1. The van der Waals surface area contributed by atoms with Crippen LogP contribution in [0, 0.1) is 0 Å². The van der Waals surface area contributed by atoms with Gasteiger partial charge in [-0.2, -0.15) is 0 Å². The molecule has 1 aromatic rings. The third-order valence-corrected chi connectivity index (χ3v) is 4.35. The van der Waals surface area contributed by atoms with Crippen LogP contribution in [0.25, 0.3) is 0 Å². The first kappa shape index (κ1) is 17.5. The second-order valence-electron chi connectivity index (χ2n) is 6.23. The second-order valence-corrected chi connectivity index (χ2v) is 6.23. The average molecular weight is 341 g/mol. The Hall–Kier alpha value is -1.35. The molecule has 3 rings (SSSR count). The van der Waals surface area contributed by atoms with E-state index in [0.717, 1.165) is 0 Å². The maximum atomic E-state index is 14.9. The van der Waals surface area contributed by atoms with Crippen LogP contribution in [0.3, 0.4) is 0 Å². The van der Waals surface area contributed by atoms with Gasteiger partial charge in [0.05, 0.1) is 45.3 Å². The first-order valence-electron chi connectivity index (χ1n) is 8.32. The monoisotopic (exact) mass is 341 g/mol. The predicted octanol–water partition coefficient (Wildman–Crippen LogP) is 0.709. The van der Waals surface area contributed by atoms with E-state index in [4.69, 9.17) is 19.3 Å². The molecule has 0 aliphatic carbocycles. The first-order chi connectivity index (χ1) is 11.7. The Morgan fingerprint density at radius 3 is 2.92 bits per heavy atom. The van der Waals surface area contributed by atoms with Crippen molar-refractivity contribution in [2.45, 2.75) is 31.2 Å². The van der Waals surface area contributed by atoms with Crippen molar-refractivity contribution in [3.05, 3.63) is 18.0 Å². The highest BCUT2D eigenvalue weighted by molar-refractivity contribution is 5.31. The number of anilines is 1. The Labute approximate surface area is 140 Å². The van der Waals surface area contributed by atoms with E-state index in [9.17, 15) is 4.39 Å². The standard InChI is InChI=1S/C16H24FN3O4/c17-16(12-23-11-14-10-22-7-8-24-14)2-5-20(6-3-16)15-18-4-1-13(9-21)19-15/h1,4,14,21H,2-3,5-12H2/t14-/m0/s1. The largest absolute Gasteiger partial charge is 0.390 e.